The molecule has 5 rings (SSSR count). The van der Waals surface area contributed by atoms with Crippen molar-refractivity contribution in [3.05, 3.63) is 29.8 Å². The zero-order valence-corrected chi connectivity index (χ0v) is 16.4. The van der Waals surface area contributed by atoms with Gasteiger partial charge in [-0.25, -0.2) is 0 Å². The highest BCUT2D eigenvalue weighted by atomic mass is 16.2. The Morgan fingerprint density at radius 2 is 1.59 bits per heavy atom. The third-order valence-electron chi connectivity index (χ3n) is 6.99. The summed E-state index contributed by atoms with van der Waals surface area (Å²) in [5.41, 5.74) is 1.91. The zero-order chi connectivity index (χ0) is 18.9. The van der Waals surface area contributed by atoms with Crippen molar-refractivity contribution in [2.45, 2.75) is 64.7 Å². The van der Waals surface area contributed by atoms with Crippen LogP contribution in [0.15, 0.2) is 24.3 Å². The van der Waals surface area contributed by atoms with Crippen LogP contribution in [0.5, 0.6) is 0 Å². The van der Waals surface area contributed by atoms with E-state index < -0.39 is 0 Å². The van der Waals surface area contributed by atoms with E-state index in [4.69, 9.17) is 0 Å². The lowest BCUT2D eigenvalue weighted by Crippen LogP contribution is -2.54. The minimum absolute atomic E-state index is 0.0676. The molecule has 27 heavy (non-hydrogen) atoms. The molecule has 0 aliphatic heterocycles. The summed E-state index contributed by atoms with van der Waals surface area (Å²) in [5, 5.41) is 5.85. The normalized spacial score (nSPS) is 30.9. The second kappa shape index (κ2) is 7.65. The van der Waals surface area contributed by atoms with Gasteiger partial charge in [-0.2, -0.15) is 0 Å². The Morgan fingerprint density at radius 1 is 1.00 bits per heavy atom. The number of rotatable bonds is 7. The Balaban J connectivity index is 1.27. The molecule has 0 aromatic heterocycles. The maximum absolute atomic E-state index is 12.9. The molecule has 4 aliphatic rings. The first-order valence-corrected chi connectivity index (χ1v) is 10.7. The number of unbranched alkanes of at least 4 members (excludes halogenated alkanes) is 1. The van der Waals surface area contributed by atoms with Gasteiger partial charge in [0.15, 0.2) is 0 Å². The molecule has 0 radical (unpaired) electrons. The van der Waals surface area contributed by atoms with Crippen LogP contribution >= 0.6 is 0 Å². The Kier molecular flexibility index (Phi) is 5.25. The van der Waals surface area contributed by atoms with E-state index in [9.17, 15) is 9.59 Å². The number of carbonyl (C=O) groups excluding carboxylic acids is 2. The third-order valence-corrected chi connectivity index (χ3v) is 6.99. The lowest BCUT2D eigenvalue weighted by Gasteiger charge is -2.55. The molecule has 0 atom stereocenters. The van der Waals surface area contributed by atoms with Crippen LogP contribution in [-0.4, -0.2) is 18.4 Å². The molecular formula is C23H32N2O2. The Morgan fingerprint density at radius 3 is 2.15 bits per heavy atom. The molecule has 0 saturated heterocycles. The summed E-state index contributed by atoms with van der Waals surface area (Å²) in [7, 11) is 0. The lowest BCUT2D eigenvalue weighted by molar-refractivity contribution is -0.146. The molecular weight excluding hydrogens is 336 g/mol. The van der Waals surface area contributed by atoms with Gasteiger partial charge in [0.05, 0.1) is 6.54 Å². The fraction of sp³-hybridized carbons (Fsp3) is 0.652. The molecule has 1 aromatic carbocycles. The van der Waals surface area contributed by atoms with Crippen molar-refractivity contribution in [2.75, 3.05) is 11.9 Å². The van der Waals surface area contributed by atoms with Crippen molar-refractivity contribution in [1.82, 2.24) is 5.32 Å². The molecule has 1 aromatic rings. The largest absolute Gasteiger partial charge is 0.347 e. The van der Waals surface area contributed by atoms with E-state index >= 15 is 0 Å². The predicted molar refractivity (Wildman–Crippen MR) is 107 cm³/mol. The van der Waals surface area contributed by atoms with Gasteiger partial charge in [-0.3, -0.25) is 9.59 Å². The first-order valence-electron chi connectivity index (χ1n) is 10.7. The van der Waals surface area contributed by atoms with Crippen molar-refractivity contribution in [2.24, 2.45) is 23.2 Å². The molecule has 0 spiro atoms. The van der Waals surface area contributed by atoms with Gasteiger partial charge in [0.2, 0.25) is 11.8 Å². The summed E-state index contributed by atoms with van der Waals surface area (Å²) in [6, 6.07) is 8.03. The number of nitrogens with one attached hydrogen (secondary N) is 2. The number of hydrogen-bond donors (Lipinski definition) is 2. The molecule has 4 nitrogen and oxygen atoms in total. The molecule has 4 aliphatic carbocycles. The molecule has 2 amide bonds. The zero-order valence-electron chi connectivity index (χ0n) is 16.4. The highest BCUT2D eigenvalue weighted by Gasteiger charge is 2.54. The Labute approximate surface area is 162 Å². The van der Waals surface area contributed by atoms with Crippen LogP contribution in [0.25, 0.3) is 0 Å². The molecule has 4 heteroatoms. The summed E-state index contributed by atoms with van der Waals surface area (Å²) in [4.78, 5) is 25.2. The van der Waals surface area contributed by atoms with Gasteiger partial charge >= 0.3 is 0 Å². The smallest absolute Gasteiger partial charge is 0.243 e. The summed E-state index contributed by atoms with van der Waals surface area (Å²) in [5.74, 6) is 2.19. The van der Waals surface area contributed by atoms with E-state index in [1.54, 1.807) is 0 Å². The average Bonchev–Trinajstić information content (AvgIpc) is 2.64. The van der Waals surface area contributed by atoms with Crippen molar-refractivity contribution in [1.29, 1.82) is 0 Å². The monoisotopic (exact) mass is 368 g/mol. The van der Waals surface area contributed by atoms with Gasteiger partial charge in [-0.15, -0.1) is 0 Å². The van der Waals surface area contributed by atoms with Crippen LogP contribution in [-0.2, 0) is 16.0 Å². The van der Waals surface area contributed by atoms with Crippen molar-refractivity contribution in [3.8, 4) is 0 Å². The van der Waals surface area contributed by atoms with Crippen molar-refractivity contribution < 1.29 is 9.59 Å². The second-order valence-electron chi connectivity index (χ2n) is 9.23. The van der Waals surface area contributed by atoms with Gasteiger partial charge in [0, 0.05) is 11.1 Å². The van der Waals surface area contributed by atoms with Gasteiger partial charge in [0.25, 0.3) is 0 Å². The summed E-state index contributed by atoms with van der Waals surface area (Å²) < 4.78 is 0. The van der Waals surface area contributed by atoms with E-state index in [1.165, 1.54) is 37.7 Å². The molecule has 4 saturated carbocycles. The topological polar surface area (TPSA) is 58.2 Å². The standard InChI is InChI=1S/C23H32N2O2/c1-2-3-4-16-5-7-20(8-6-16)25-21(26)15-24-22(27)23-12-17-9-18(13-23)11-19(10-17)14-23/h5-8,17-19H,2-4,9-15H2,1H3,(H,24,27)(H,25,26). The number of amides is 2. The number of benzene rings is 1. The van der Waals surface area contributed by atoms with Crippen LogP contribution in [0.3, 0.4) is 0 Å². The maximum atomic E-state index is 12.9. The molecule has 0 heterocycles. The quantitative estimate of drug-likeness (QED) is 0.754. The van der Waals surface area contributed by atoms with Gasteiger partial charge in [0.1, 0.15) is 0 Å². The number of anilines is 1. The van der Waals surface area contributed by atoms with E-state index in [2.05, 4.69) is 29.7 Å². The predicted octanol–water partition coefficient (Wildman–Crippen LogP) is 4.30. The van der Waals surface area contributed by atoms with E-state index in [-0.39, 0.29) is 23.8 Å². The molecule has 4 bridgehead atoms. The average molecular weight is 369 g/mol. The second-order valence-corrected chi connectivity index (χ2v) is 9.23. The first kappa shape index (κ1) is 18.5. The molecule has 4 fully saturated rings. The number of carbonyl (C=O) groups is 2. The van der Waals surface area contributed by atoms with Crippen molar-refractivity contribution in [3.63, 3.8) is 0 Å². The highest BCUT2D eigenvalue weighted by molar-refractivity contribution is 5.95. The summed E-state index contributed by atoms with van der Waals surface area (Å²) in [6.45, 7) is 2.25. The molecule has 146 valence electrons. The first-order chi connectivity index (χ1) is 13.1. The maximum Gasteiger partial charge on any atom is 0.243 e. The van der Waals surface area contributed by atoms with Gasteiger partial charge < -0.3 is 10.6 Å². The van der Waals surface area contributed by atoms with E-state index in [0.717, 1.165) is 49.1 Å². The van der Waals surface area contributed by atoms with Crippen LogP contribution in [0, 0.1) is 23.2 Å². The number of hydrogen-bond acceptors (Lipinski definition) is 2. The van der Waals surface area contributed by atoms with E-state index in [0.29, 0.717) is 0 Å². The number of aryl methyl sites for hydroxylation is 1. The Bertz CT molecular complexity index is 660. The minimum atomic E-state index is -0.185. The van der Waals surface area contributed by atoms with Crippen LogP contribution < -0.4 is 10.6 Å². The van der Waals surface area contributed by atoms with Crippen LogP contribution in [0.1, 0.15) is 63.9 Å². The fourth-order valence-electron chi connectivity index (χ4n) is 6.08. The summed E-state index contributed by atoms with van der Waals surface area (Å²) in [6.07, 6.45) is 10.5. The minimum Gasteiger partial charge on any atom is -0.347 e. The molecule has 2 N–H and O–H groups in total. The SMILES string of the molecule is CCCCc1ccc(NC(=O)CNC(=O)C23CC4CC(CC(C4)C2)C3)cc1. The van der Waals surface area contributed by atoms with Gasteiger partial charge in [-0.1, -0.05) is 25.5 Å². The van der Waals surface area contributed by atoms with Crippen LogP contribution in [0.2, 0.25) is 0 Å². The van der Waals surface area contributed by atoms with E-state index in [1.807, 2.05) is 12.1 Å². The lowest BCUT2D eigenvalue weighted by atomic mass is 9.49. The summed E-state index contributed by atoms with van der Waals surface area (Å²) >= 11 is 0. The van der Waals surface area contributed by atoms with Gasteiger partial charge in [-0.05, 0) is 86.8 Å². The third kappa shape index (κ3) is 4.04. The van der Waals surface area contributed by atoms with Crippen molar-refractivity contribution >= 4 is 17.5 Å². The fourth-order valence-corrected chi connectivity index (χ4v) is 6.08. The molecule has 0 unspecified atom stereocenters. The Hall–Kier alpha value is -1.84. The van der Waals surface area contributed by atoms with Crippen LogP contribution in [0.4, 0.5) is 5.69 Å². The highest BCUT2D eigenvalue weighted by Crippen LogP contribution is 2.60.